The molecule has 16 heavy (non-hydrogen) atoms. The molecule has 0 aliphatic rings. The Morgan fingerprint density at radius 2 is 1.50 bits per heavy atom. The van der Waals surface area contributed by atoms with Crippen molar-refractivity contribution >= 4 is 11.9 Å². The van der Waals surface area contributed by atoms with E-state index in [1.54, 1.807) is 26.0 Å². The summed E-state index contributed by atoms with van der Waals surface area (Å²) in [6, 6.07) is 5.99. The molecule has 1 aromatic carbocycles. The molecule has 0 aliphatic heterocycles. The molecule has 0 fully saturated rings. The first-order valence-corrected chi connectivity index (χ1v) is 4.38. The predicted molar refractivity (Wildman–Crippen MR) is 52.8 cm³/mol. The molecule has 0 spiro atoms. The third-order valence-electron chi connectivity index (χ3n) is 2.23. The number of carbonyl (C=O) groups is 2. The molecule has 0 saturated carbocycles. The number of carboxylic acids is 2. The van der Waals surface area contributed by atoms with Gasteiger partial charge in [-0.25, -0.2) is 0 Å². The first kappa shape index (κ1) is 15.3. The van der Waals surface area contributed by atoms with E-state index >= 15 is 0 Å². The summed E-state index contributed by atoms with van der Waals surface area (Å²) >= 11 is 0. The van der Waals surface area contributed by atoms with Crippen LogP contribution in [-0.4, -0.2) is 22.2 Å². The monoisotopic (exact) mass is 296 g/mol. The Labute approximate surface area is 119 Å². The van der Waals surface area contributed by atoms with Gasteiger partial charge in [-0.05, 0) is 0 Å². The van der Waals surface area contributed by atoms with E-state index in [2.05, 4.69) is 6.07 Å². The molecule has 1 aromatic rings. The summed E-state index contributed by atoms with van der Waals surface area (Å²) < 4.78 is 0. The molecule has 0 aromatic heterocycles. The summed E-state index contributed by atoms with van der Waals surface area (Å²) in [5.41, 5.74) is 1.60. The molecular formula is C11H11O4Y+2. The molecule has 80 valence electrons. The molecule has 0 amide bonds. The van der Waals surface area contributed by atoms with E-state index < -0.39 is 17.9 Å². The first-order chi connectivity index (χ1) is 6.95. The van der Waals surface area contributed by atoms with Crippen molar-refractivity contribution in [2.45, 2.75) is 19.8 Å². The van der Waals surface area contributed by atoms with Crippen LogP contribution in [0.1, 0.15) is 22.6 Å². The average molecular weight is 296 g/mol. The third-order valence-corrected chi connectivity index (χ3v) is 2.23. The van der Waals surface area contributed by atoms with Gasteiger partial charge in [0.15, 0.2) is 5.92 Å². The molecular weight excluding hydrogens is 285 g/mol. The summed E-state index contributed by atoms with van der Waals surface area (Å²) in [6.07, 6.45) is 0. The molecule has 0 heterocycles. The molecule has 0 unspecified atom stereocenters. The fraction of sp³-hybridized carbons (Fsp3) is 0.273. The first-order valence-electron chi connectivity index (χ1n) is 4.38. The summed E-state index contributed by atoms with van der Waals surface area (Å²) in [5, 5.41) is 17.7. The van der Waals surface area contributed by atoms with Gasteiger partial charge in [0.2, 0.25) is 0 Å². The maximum Gasteiger partial charge on any atom is 3.00 e. The maximum absolute atomic E-state index is 10.9. The van der Waals surface area contributed by atoms with Gasteiger partial charge in [-0.1, -0.05) is 13.8 Å². The van der Waals surface area contributed by atoms with Crippen molar-refractivity contribution in [3.63, 3.8) is 0 Å². The molecule has 0 bridgehead atoms. The molecule has 5 heteroatoms. The zero-order valence-corrected chi connectivity index (χ0v) is 11.9. The standard InChI is InChI=1S/C11H11O4.Y/c1-6-4-3-5-7(2)8(6)9(10(12)13)11(14)15;/h4-5,9H,1-2H3,(H,12,13)(H,14,15);/q-1;+3. The van der Waals surface area contributed by atoms with Gasteiger partial charge >= 0.3 is 44.6 Å². The van der Waals surface area contributed by atoms with Crippen molar-refractivity contribution in [3.8, 4) is 0 Å². The van der Waals surface area contributed by atoms with E-state index in [1.807, 2.05) is 0 Å². The minimum absolute atomic E-state index is 0. The van der Waals surface area contributed by atoms with Crippen molar-refractivity contribution in [2.24, 2.45) is 0 Å². The van der Waals surface area contributed by atoms with Crippen molar-refractivity contribution in [1.82, 2.24) is 0 Å². The third kappa shape index (κ3) is 3.13. The van der Waals surface area contributed by atoms with Crippen LogP contribution < -0.4 is 0 Å². The van der Waals surface area contributed by atoms with E-state index in [-0.39, 0.29) is 32.7 Å². The van der Waals surface area contributed by atoms with Crippen molar-refractivity contribution in [1.29, 1.82) is 0 Å². The van der Waals surface area contributed by atoms with Crippen LogP contribution in [0.5, 0.6) is 0 Å². The van der Waals surface area contributed by atoms with Gasteiger partial charge in [0.1, 0.15) is 0 Å². The number of benzene rings is 1. The van der Waals surface area contributed by atoms with Crippen LogP contribution in [0.15, 0.2) is 12.1 Å². The quantitative estimate of drug-likeness (QED) is 0.652. The van der Waals surface area contributed by atoms with Crippen molar-refractivity contribution in [3.05, 3.63) is 34.9 Å². The van der Waals surface area contributed by atoms with Crippen LogP contribution >= 0.6 is 0 Å². The second-order valence-electron chi connectivity index (χ2n) is 3.34. The fourth-order valence-electron chi connectivity index (χ4n) is 1.57. The summed E-state index contributed by atoms with van der Waals surface area (Å²) in [6.45, 7) is 3.36. The average Bonchev–Trinajstić information content (AvgIpc) is 2.09. The van der Waals surface area contributed by atoms with E-state index in [0.29, 0.717) is 16.7 Å². The number of aryl methyl sites for hydroxylation is 2. The van der Waals surface area contributed by atoms with Crippen LogP contribution in [0.25, 0.3) is 0 Å². The molecule has 1 rings (SSSR count). The zero-order chi connectivity index (χ0) is 11.6. The van der Waals surface area contributed by atoms with E-state index in [4.69, 9.17) is 10.2 Å². The molecule has 0 aliphatic carbocycles. The van der Waals surface area contributed by atoms with Crippen LogP contribution in [0, 0.1) is 19.9 Å². The Balaban J connectivity index is 0.00000225. The van der Waals surface area contributed by atoms with E-state index in [0.717, 1.165) is 0 Å². The molecule has 2 N–H and O–H groups in total. The zero-order valence-electron chi connectivity index (χ0n) is 9.02. The normalized spacial score (nSPS) is 9.69. The van der Waals surface area contributed by atoms with Gasteiger partial charge in [-0.2, -0.15) is 29.3 Å². The van der Waals surface area contributed by atoms with Gasteiger partial charge in [-0.15, -0.1) is 5.56 Å². The molecule has 0 atom stereocenters. The van der Waals surface area contributed by atoms with Gasteiger partial charge in [0, 0.05) is 0 Å². The second kappa shape index (κ2) is 6.11. The SMILES string of the molecule is Cc1c[c-]cc(C)c1C(C(=O)O)C(=O)O.[Y+3]. The van der Waals surface area contributed by atoms with E-state index in [9.17, 15) is 9.59 Å². The summed E-state index contributed by atoms with van der Waals surface area (Å²) in [5.74, 6) is -4.20. The summed E-state index contributed by atoms with van der Waals surface area (Å²) in [4.78, 5) is 21.7. The Bertz CT molecular complexity index is 380. The summed E-state index contributed by atoms with van der Waals surface area (Å²) in [7, 11) is 0. The molecule has 0 saturated heterocycles. The van der Waals surface area contributed by atoms with Crippen LogP contribution in [0.2, 0.25) is 0 Å². The molecule has 0 radical (unpaired) electrons. The maximum atomic E-state index is 10.9. The van der Waals surface area contributed by atoms with Crippen molar-refractivity contribution in [2.75, 3.05) is 0 Å². The molecule has 4 nitrogen and oxygen atoms in total. The predicted octanol–water partition coefficient (Wildman–Crippen LogP) is 1.35. The van der Waals surface area contributed by atoms with Gasteiger partial charge < -0.3 is 10.2 Å². The minimum Gasteiger partial charge on any atom is -0.480 e. The second-order valence-corrected chi connectivity index (χ2v) is 3.34. The Kier molecular flexibility index (Phi) is 5.83. The number of hydrogen-bond donors (Lipinski definition) is 2. The van der Waals surface area contributed by atoms with Crippen LogP contribution in [0.4, 0.5) is 0 Å². The Morgan fingerprint density at radius 3 is 1.81 bits per heavy atom. The van der Waals surface area contributed by atoms with Gasteiger partial charge in [0.05, 0.1) is 0 Å². The van der Waals surface area contributed by atoms with Gasteiger partial charge in [0.25, 0.3) is 0 Å². The van der Waals surface area contributed by atoms with Crippen molar-refractivity contribution < 1.29 is 52.5 Å². The number of aliphatic carboxylic acids is 2. The Morgan fingerprint density at radius 1 is 1.12 bits per heavy atom. The minimum atomic E-state index is -1.50. The number of rotatable bonds is 3. The topological polar surface area (TPSA) is 74.6 Å². The number of carboxylic acid groups (broad SMARTS) is 2. The smallest absolute Gasteiger partial charge is 0.480 e. The van der Waals surface area contributed by atoms with Crippen LogP contribution in [0.3, 0.4) is 0 Å². The largest absolute Gasteiger partial charge is 3.00 e. The van der Waals surface area contributed by atoms with Crippen LogP contribution in [-0.2, 0) is 42.3 Å². The number of hydrogen-bond acceptors (Lipinski definition) is 2. The Hall–Kier alpha value is -0.736. The van der Waals surface area contributed by atoms with E-state index in [1.165, 1.54) is 0 Å². The fourth-order valence-corrected chi connectivity index (χ4v) is 1.57. The van der Waals surface area contributed by atoms with Gasteiger partial charge in [-0.3, -0.25) is 9.59 Å².